The first-order valence-corrected chi connectivity index (χ1v) is 3.35. The van der Waals surface area contributed by atoms with Gasteiger partial charge in [-0.2, -0.15) is 0 Å². The van der Waals surface area contributed by atoms with E-state index in [1.165, 1.54) is 6.92 Å². The standard InChI is InChI=1S/C5H7FO.C2H6/c1-4(7)5(6)2-3-5;1-2/h2-3H2,1H3;1-2H3. The highest BCUT2D eigenvalue weighted by Crippen LogP contribution is 2.40. The normalized spacial score (nSPS) is 19.6. The van der Waals surface area contributed by atoms with E-state index in [0.29, 0.717) is 12.8 Å². The number of rotatable bonds is 1. The van der Waals surface area contributed by atoms with Crippen LogP contribution in [0.15, 0.2) is 0 Å². The lowest BCUT2D eigenvalue weighted by Crippen LogP contribution is -2.10. The minimum Gasteiger partial charge on any atom is -0.296 e. The van der Waals surface area contributed by atoms with Crippen molar-refractivity contribution in [2.45, 2.75) is 39.3 Å². The van der Waals surface area contributed by atoms with Gasteiger partial charge in [0.1, 0.15) is 0 Å². The van der Waals surface area contributed by atoms with Gasteiger partial charge in [-0.05, 0) is 19.8 Å². The zero-order valence-electron chi connectivity index (χ0n) is 6.20. The third-order valence-electron chi connectivity index (χ3n) is 1.32. The van der Waals surface area contributed by atoms with Crippen LogP contribution in [-0.4, -0.2) is 11.5 Å². The Balaban J connectivity index is 0.000000291. The number of alkyl halides is 1. The molecule has 1 rings (SSSR count). The predicted molar refractivity (Wildman–Crippen MR) is 35.1 cm³/mol. The first kappa shape index (κ1) is 8.60. The van der Waals surface area contributed by atoms with Crippen LogP contribution in [0.5, 0.6) is 0 Å². The molecule has 0 N–H and O–H groups in total. The summed E-state index contributed by atoms with van der Waals surface area (Å²) in [5.41, 5.74) is -1.39. The summed E-state index contributed by atoms with van der Waals surface area (Å²) in [5, 5.41) is 0. The molecule has 1 nitrogen and oxygen atoms in total. The Morgan fingerprint density at radius 1 is 1.44 bits per heavy atom. The van der Waals surface area contributed by atoms with E-state index in [9.17, 15) is 9.18 Å². The van der Waals surface area contributed by atoms with Crippen molar-refractivity contribution >= 4 is 5.78 Å². The van der Waals surface area contributed by atoms with Gasteiger partial charge in [-0.15, -0.1) is 0 Å². The lowest BCUT2D eigenvalue weighted by molar-refractivity contribution is -0.123. The van der Waals surface area contributed by atoms with Crippen molar-refractivity contribution in [1.82, 2.24) is 0 Å². The van der Waals surface area contributed by atoms with Crippen molar-refractivity contribution in [2.24, 2.45) is 0 Å². The van der Waals surface area contributed by atoms with Gasteiger partial charge in [-0.3, -0.25) is 4.79 Å². The first-order chi connectivity index (χ1) is 4.15. The second-order valence-electron chi connectivity index (χ2n) is 2.02. The van der Waals surface area contributed by atoms with E-state index >= 15 is 0 Å². The number of halogens is 1. The summed E-state index contributed by atoms with van der Waals surface area (Å²) in [5.74, 6) is -0.312. The number of ketones is 1. The Morgan fingerprint density at radius 3 is 1.78 bits per heavy atom. The average molecular weight is 132 g/mol. The SMILES string of the molecule is CC.CC(=O)C1(F)CC1. The minimum absolute atomic E-state index is 0.312. The average Bonchev–Trinajstić information content (AvgIpc) is 2.55. The molecule has 0 aromatic carbocycles. The van der Waals surface area contributed by atoms with Gasteiger partial charge < -0.3 is 0 Å². The Bertz CT molecular complexity index is 105. The molecule has 0 saturated heterocycles. The molecule has 0 atom stereocenters. The second kappa shape index (κ2) is 2.95. The lowest BCUT2D eigenvalue weighted by Gasteiger charge is -1.91. The van der Waals surface area contributed by atoms with E-state index in [4.69, 9.17) is 0 Å². The van der Waals surface area contributed by atoms with Gasteiger partial charge >= 0.3 is 0 Å². The maximum Gasteiger partial charge on any atom is 0.168 e. The van der Waals surface area contributed by atoms with Crippen LogP contribution in [0.25, 0.3) is 0 Å². The quantitative estimate of drug-likeness (QED) is 0.534. The largest absolute Gasteiger partial charge is 0.296 e. The van der Waals surface area contributed by atoms with E-state index in [-0.39, 0.29) is 5.78 Å². The van der Waals surface area contributed by atoms with Crippen LogP contribution in [0, 0.1) is 0 Å². The van der Waals surface area contributed by atoms with Crippen molar-refractivity contribution < 1.29 is 9.18 Å². The van der Waals surface area contributed by atoms with Gasteiger partial charge in [-0.1, -0.05) is 13.8 Å². The smallest absolute Gasteiger partial charge is 0.168 e. The van der Waals surface area contributed by atoms with Crippen molar-refractivity contribution in [3.8, 4) is 0 Å². The molecule has 54 valence electrons. The van der Waals surface area contributed by atoms with E-state index in [2.05, 4.69) is 0 Å². The van der Waals surface area contributed by atoms with Gasteiger partial charge in [0.2, 0.25) is 0 Å². The Hall–Kier alpha value is -0.400. The highest BCUT2D eigenvalue weighted by molar-refractivity contribution is 5.87. The van der Waals surface area contributed by atoms with Crippen LogP contribution in [0.2, 0.25) is 0 Å². The zero-order valence-corrected chi connectivity index (χ0v) is 6.20. The molecule has 0 radical (unpaired) electrons. The number of Topliss-reactive ketones (excluding diaryl/α,β-unsaturated/α-hetero) is 1. The predicted octanol–water partition coefficient (Wildman–Crippen LogP) is 2.10. The third kappa shape index (κ3) is 2.12. The maximum absolute atomic E-state index is 12.3. The molecule has 0 heterocycles. The molecule has 1 aliphatic rings. The van der Waals surface area contributed by atoms with E-state index in [1.54, 1.807) is 0 Å². The van der Waals surface area contributed by atoms with Gasteiger partial charge in [0.05, 0.1) is 0 Å². The maximum atomic E-state index is 12.3. The summed E-state index contributed by atoms with van der Waals surface area (Å²) < 4.78 is 12.3. The molecule has 1 fully saturated rings. The molecular formula is C7H13FO. The van der Waals surface area contributed by atoms with E-state index in [0.717, 1.165) is 0 Å². The number of hydrogen-bond acceptors (Lipinski definition) is 1. The monoisotopic (exact) mass is 132 g/mol. The van der Waals surface area contributed by atoms with Crippen LogP contribution in [0.1, 0.15) is 33.6 Å². The summed E-state index contributed by atoms with van der Waals surface area (Å²) in [6.45, 7) is 5.30. The molecule has 0 aliphatic heterocycles. The lowest BCUT2D eigenvalue weighted by atomic mass is 10.3. The van der Waals surface area contributed by atoms with Gasteiger partial charge in [0.15, 0.2) is 11.5 Å². The molecule has 2 heteroatoms. The Labute approximate surface area is 55.3 Å². The summed E-state index contributed by atoms with van der Waals surface area (Å²) in [7, 11) is 0. The van der Waals surface area contributed by atoms with Gasteiger partial charge in [0, 0.05) is 0 Å². The Kier molecular flexibility index (Phi) is 2.82. The summed E-state index contributed by atoms with van der Waals surface area (Å²) in [4.78, 5) is 10.2. The highest BCUT2D eigenvalue weighted by atomic mass is 19.1. The Morgan fingerprint density at radius 2 is 1.78 bits per heavy atom. The third-order valence-corrected chi connectivity index (χ3v) is 1.32. The molecule has 0 aromatic rings. The zero-order chi connectivity index (χ0) is 7.49. The molecular weight excluding hydrogens is 119 g/mol. The molecule has 1 aliphatic carbocycles. The number of carbonyl (C=O) groups excluding carboxylic acids is 1. The fraction of sp³-hybridized carbons (Fsp3) is 0.857. The van der Waals surface area contributed by atoms with Crippen molar-refractivity contribution in [3.63, 3.8) is 0 Å². The molecule has 0 unspecified atom stereocenters. The molecule has 0 amide bonds. The van der Waals surface area contributed by atoms with Crippen molar-refractivity contribution in [1.29, 1.82) is 0 Å². The van der Waals surface area contributed by atoms with Crippen LogP contribution in [0.3, 0.4) is 0 Å². The molecule has 0 bridgehead atoms. The van der Waals surface area contributed by atoms with E-state index < -0.39 is 5.67 Å². The minimum atomic E-state index is -1.39. The first-order valence-electron chi connectivity index (χ1n) is 3.35. The highest BCUT2D eigenvalue weighted by Gasteiger charge is 2.47. The van der Waals surface area contributed by atoms with Crippen LogP contribution >= 0.6 is 0 Å². The number of hydrogen-bond donors (Lipinski definition) is 0. The van der Waals surface area contributed by atoms with Crippen molar-refractivity contribution in [2.75, 3.05) is 0 Å². The summed E-state index contributed by atoms with van der Waals surface area (Å²) in [6.07, 6.45) is 0.894. The summed E-state index contributed by atoms with van der Waals surface area (Å²) >= 11 is 0. The van der Waals surface area contributed by atoms with Crippen LogP contribution in [0.4, 0.5) is 4.39 Å². The van der Waals surface area contributed by atoms with Crippen molar-refractivity contribution in [3.05, 3.63) is 0 Å². The molecule has 0 aromatic heterocycles. The van der Waals surface area contributed by atoms with Gasteiger partial charge in [-0.25, -0.2) is 4.39 Å². The molecule has 9 heavy (non-hydrogen) atoms. The van der Waals surface area contributed by atoms with Crippen LogP contribution < -0.4 is 0 Å². The summed E-state index contributed by atoms with van der Waals surface area (Å²) in [6, 6.07) is 0. The fourth-order valence-corrected chi connectivity index (χ4v) is 0.462. The number of carbonyl (C=O) groups is 1. The van der Waals surface area contributed by atoms with E-state index in [1.807, 2.05) is 13.8 Å². The van der Waals surface area contributed by atoms with Crippen LogP contribution in [-0.2, 0) is 4.79 Å². The van der Waals surface area contributed by atoms with Gasteiger partial charge in [0.25, 0.3) is 0 Å². The second-order valence-corrected chi connectivity index (χ2v) is 2.02. The molecule has 1 saturated carbocycles. The molecule has 0 spiro atoms. The fourth-order valence-electron chi connectivity index (χ4n) is 0.462. The topological polar surface area (TPSA) is 17.1 Å².